The molecule has 1 aromatic rings. The van der Waals surface area contributed by atoms with Crippen LogP contribution in [0.4, 0.5) is 11.4 Å². The third-order valence-corrected chi connectivity index (χ3v) is 3.13. The van der Waals surface area contributed by atoms with Gasteiger partial charge in [-0.25, -0.2) is 0 Å². The molecule has 0 aliphatic heterocycles. The highest BCUT2D eigenvalue weighted by atomic mass is 16.5. The lowest BCUT2D eigenvalue weighted by molar-refractivity contribution is 0.273. The predicted octanol–water partition coefficient (Wildman–Crippen LogP) is 2.42. The fraction of sp³-hybridized carbons (Fsp3) is 0.571. The van der Waals surface area contributed by atoms with Crippen LogP contribution in [0.3, 0.4) is 0 Å². The van der Waals surface area contributed by atoms with Crippen molar-refractivity contribution in [2.45, 2.75) is 26.3 Å². The average Bonchev–Trinajstić information content (AvgIpc) is 2.35. The average molecular weight is 251 g/mol. The van der Waals surface area contributed by atoms with Gasteiger partial charge in [-0.05, 0) is 46.0 Å². The van der Waals surface area contributed by atoms with Gasteiger partial charge in [0.1, 0.15) is 5.75 Å². The summed E-state index contributed by atoms with van der Waals surface area (Å²) < 4.78 is 5.19. The van der Waals surface area contributed by atoms with Gasteiger partial charge in [0.05, 0.1) is 12.8 Å². The van der Waals surface area contributed by atoms with E-state index in [1.54, 1.807) is 7.11 Å². The van der Waals surface area contributed by atoms with Gasteiger partial charge in [0.25, 0.3) is 0 Å². The molecule has 4 heteroatoms. The van der Waals surface area contributed by atoms with Crippen LogP contribution in [0.1, 0.15) is 20.3 Å². The molecule has 0 amide bonds. The second-order valence-corrected chi connectivity index (χ2v) is 4.81. The summed E-state index contributed by atoms with van der Waals surface area (Å²) in [5, 5.41) is 3.38. The van der Waals surface area contributed by atoms with Crippen molar-refractivity contribution in [3.05, 3.63) is 18.2 Å². The van der Waals surface area contributed by atoms with Crippen molar-refractivity contribution in [2.75, 3.05) is 38.3 Å². The highest BCUT2D eigenvalue weighted by Gasteiger charge is 2.03. The van der Waals surface area contributed by atoms with E-state index in [1.165, 1.54) is 0 Å². The van der Waals surface area contributed by atoms with Crippen LogP contribution in [0.2, 0.25) is 0 Å². The summed E-state index contributed by atoms with van der Waals surface area (Å²) in [4.78, 5) is 2.34. The first kappa shape index (κ1) is 14.6. The van der Waals surface area contributed by atoms with Gasteiger partial charge in [-0.15, -0.1) is 0 Å². The zero-order valence-corrected chi connectivity index (χ0v) is 11.9. The molecule has 0 fully saturated rings. The molecule has 0 heterocycles. The molecule has 1 rings (SSSR count). The Labute approximate surface area is 110 Å². The van der Waals surface area contributed by atoms with Gasteiger partial charge >= 0.3 is 0 Å². The molecule has 18 heavy (non-hydrogen) atoms. The highest BCUT2D eigenvalue weighted by Crippen LogP contribution is 2.24. The molecule has 102 valence electrons. The maximum absolute atomic E-state index is 5.77. The van der Waals surface area contributed by atoms with Crippen LogP contribution < -0.4 is 15.8 Å². The summed E-state index contributed by atoms with van der Waals surface area (Å²) in [7, 11) is 3.78. The Hall–Kier alpha value is -1.42. The molecule has 0 unspecified atom stereocenters. The number of hydrogen-bond acceptors (Lipinski definition) is 4. The minimum absolute atomic E-state index is 0.599. The van der Waals surface area contributed by atoms with Crippen molar-refractivity contribution >= 4 is 11.4 Å². The van der Waals surface area contributed by atoms with E-state index in [9.17, 15) is 0 Å². The third kappa shape index (κ3) is 4.45. The molecule has 0 atom stereocenters. The number of hydrogen-bond donors (Lipinski definition) is 2. The van der Waals surface area contributed by atoms with E-state index in [4.69, 9.17) is 10.5 Å². The summed E-state index contributed by atoms with van der Waals surface area (Å²) >= 11 is 0. The van der Waals surface area contributed by atoms with E-state index in [-0.39, 0.29) is 0 Å². The van der Waals surface area contributed by atoms with Gasteiger partial charge in [-0.2, -0.15) is 0 Å². The van der Waals surface area contributed by atoms with E-state index < -0.39 is 0 Å². The van der Waals surface area contributed by atoms with Gasteiger partial charge < -0.3 is 20.7 Å². The largest absolute Gasteiger partial charge is 0.495 e. The number of rotatable bonds is 7. The summed E-state index contributed by atoms with van der Waals surface area (Å²) in [6.07, 6.45) is 1.11. The Kier molecular flexibility index (Phi) is 5.78. The molecular weight excluding hydrogens is 226 g/mol. The predicted molar refractivity (Wildman–Crippen MR) is 78.3 cm³/mol. The Bertz CT molecular complexity index is 366. The third-order valence-electron chi connectivity index (χ3n) is 3.13. The number of nitrogen functional groups attached to an aromatic ring is 1. The second kappa shape index (κ2) is 7.11. The summed E-state index contributed by atoms with van der Waals surface area (Å²) in [5.74, 6) is 0.722. The molecule has 0 aromatic heterocycles. The molecule has 4 nitrogen and oxygen atoms in total. The minimum atomic E-state index is 0.599. The maximum atomic E-state index is 5.77. The van der Waals surface area contributed by atoms with Gasteiger partial charge in [0, 0.05) is 24.3 Å². The number of nitrogens with one attached hydrogen (secondary N) is 1. The Balaban J connectivity index is 2.35. The van der Waals surface area contributed by atoms with E-state index in [0.29, 0.717) is 11.7 Å². The number of nitrogens with two attached hydrogens (primary N) is 1. The number of nitrogens with zero attached hydrogens (tertiary/aromatic N) is 1. The van der Waals surface area contributed by atoms with Gasteiger partial charge in [-0.3, -0.25) is 0 Å². The molecular formula is C14H25N3O. The van der Waals surface area contributed by atoms with E-state index in [2.05, 4.69) is 31.1 Å². The minimum Gasteiger partial charge on any atom is -0.495 e. The fourth-order valence-corrected chi connectivity index (χ4v) is 1.64. The Morgan fingerprint density at radius 3 is 2.72 bits per heavy atom. The van der Waals surface area contributed by atoms with Gasteiger partial charge in [0.15, 0.2) is 0 Å². The smallest absolute Gasteiger partial charge is 0.143 e. The quantitative estimate of drug-likeness (QED) is 0.577. The number of anilines is 2. The SMILES string of the molecule is COc1cc(NCCCN(C)C(C)C)ccc1N. The molecule has 1 aromatic carbocycles. The summed E-state index contributed by atoms with van der Waals surface area (Å²) in [5.41, 5.74) is 7.49. The molecule has 0 radical (unpaired) electrons. The first-order chi connectivity index (χ1) is 8.54. The lowest BCUT2D eigenvalue weighted by Crippen LogP contribution is -2.28. The molecule has 0 aliphatic carbocycles. The molecule has 0 aliphatic rings. The standard InChI is InChI=1S/C14H25N3O/c1-11(2)17(3)9-5-8-16-12-6-7-13(15)14(10-12)18-4/h6-7,10-11,16H,5,8-9,15H2,1-4H3. The zero-order chi connectivity index (χ0) is 13.5. The number of benzene rings is 1. The van der Waals surface area contributed by atoms with Crippen LogP contribution in [0, 0.1) is 0 Å². The van der Waals surface area contributed by atoms with Crippen molar-refractivity contribution in [2.24, 2.45) is 0 Å². The first-order valence-corrected chi connectivity index (χ1v) is 6.42. The summed E-state index contributed by atoms with van der Waals surface area (Å²) in [6.45, 7) is 6.46. The monoisotopic (exact) mass is 251 g/mol. The van der Waals surface area contributed by atoms with Crippen LogP contribution in [-0.4, -0.2) is 38.2 Å². The molecule has 0 saturated carbocycles. The molecule has 0 saturated heterocycles. The first-order valence-electron chi connectivity index (χ1n) is 6.42. The molecule has 0 bridgehead atoms. The van der Waals surface area contributed by atoms with Crippen LogP contribution in [0.15, 0.2) is 18.2 Å². The van der Waals surface area contributed by atoms with Crippen molar-refractivity contribution < 1.29 is 4.74 Å². The van der Waals surface area contributed by atoms with E-state index in [1.807, 2.05) is 18.2 Å². The topological polar surface area (TPSA) is 50.5 Å². The molecule has 3 N–H and O–H groups in total. The highest BCUT2D eigenvalue weighted by molar-refractivity contribution is 5.61. The second-order valence-electron chi connectivity index (χ2n) is 4.81. The Morgan fingerprint density at radius 1 is 1.39 bits per heavy atom. The number of ether oxygens (including phenoxy) is 1. The van der Waals surface area contributed by atoms with Crippen molar-refractivity contribution in [3.63, 3.8) is 0 Å². The van der Waals surface area contributed by atoms with Crippen LogP contribution in [-0.2, 0) is 0 Å². The van der Waals surface area contributed by atoms with Crippen LogP contribution in [0.5, 0.6) is 5.75 Å². The van der Waals surface area contributed by atoms with Crippen molar-refractivity contribution in [3.8, 4) is 5.75 Å². The van der Waals surface area contributed by atoms with E-state index >= 15 is 0 Å². The lowest BCUT2D eigenvalue weighted by Gasteiger charge is -2.20. The van der Waals surface area contributed by atoms with E-state index in [0.717, 1.165) is 30.9 Å². The van der Waals surface area contributed by atoms with Gasteiger partial charge in [0.2, 0.25) is 0 Å². The summed E-state index contributed by atoms with van der Waals surface area (Å²) in [6, 6.07) is 6.37. The van der Waals surface area contributed by atoms with Gasteiger partial charge in [-0.1, -0.05) is 0 Å². The van der Waals surface area contributed by atoms with Crippen molar-refractivity contribution in [1.82, 2.24) is 4.90 Å². The van der Waals surface area contributed by atoms with Crippen molar-refractivity contribution in [1.29, 1.82) is 0 Å². The zero-order valence-electron chi connectivity index (χ0n) is 11.9. The van der Waals surface area contributed by atoms with Crippen LogP contribution in [0.25, 0.3) is 0 Å². The maximum Gasteiger partial charge on any atom is 0.143 e. The normalized spacial score (nSPS) is 11.0. The van der Waals surface area contributed by atoms with Crippen LogP contribution >= 0.6 is 0 Å². The number of methoxy groups -OCH3 is 1. The molecule has 0 spiro atoms. The Morgan fingerprint density at radius 2 is 2.11 bits per heavy atom. The lowest BCUT2D eigenvalue weighted by atomic mass is 10.2. The fourth-order valence-electron chi connectivity index (χ4n) is 1.64.